The summed E-state index contributed by atoms with van der Waals surface area (Å²) in [7, 11) is 1.62. The van der Waals surface area contributed by atoms with Crippen molar-refractivity contribution in [2.45, 2.75) is 0 Å². The first-order valence-electron chi connectivity index (χ1n) is 7.49. The molecule has 6 heteroatoms. The first-order chi connectivity index (χ1) is 12.2. The number of hydrogen-bond acceptors (Lipinski definition) is 4. The fourth-order valence-electron chi connectivity index (χ4n) is 2.19. The van der Waals surface area contributed by atoms with Gasteiger partial charge >= 0.3 is 5.91 Å². The van der Waals surface area contributed by atoms with Crippen molar-refractivity contribution < 1.29 is 13.9 Å². The Bertz CT molecular complexity index is 943. The lowest BCUT2D eigenvalue weighted by atomic mass is 10.2. The molecule has 1 heterocycles. The monoisotopic (exact) mass is 354 g/mol. The van der Waals surface area contributed by atoms with E-state index in [1.54, 1.807) is 37.5 Å². The molecule has 0 radical (unpaired) electrons. The molecule has 0 aliphatic heterocycles. The van der Waals surface area contributed by atoms with Gasteiger partial charge in [-0.1, -0.05) is 29.8 Å². The highest BCUT2D eigenvalue weighted by atomic mass is 35.5. The molecule has 2 aromatic carbocycles. The summed E-state index contributed by atoms with van der Waals surface area (Å²) in [5.41, 5.74) is 4.00. The molecule has 3 aromatic rings. The molecule has 0 spiro atoms. The minimum Gasteiger partial charge on any atom is -0.497 e. The minimum absolute atomic E-state index is 0.175. The number of rotatable bonds is 5. The van der Waals surface area contributed by atoms with Gasteiger partial charge in [-0.3, -0.25) is 4.79 Å². The smallest absolute Gasteiger partial charge is 0.307 e. The van der Waals surface area contributed by atoms with Crippen molar-refractivity contribution >= 4 is 40.8 Å². The largest absolute Gasteiger partial charge is 0.497 e. The van der Waals surface area contributed by atoms with Gasteiger partial charge in [-0.25, -0.2) is 5.43 Å². The fraction of sp³-hybridized carbons (Fsp3) is 0.0526. The third kappa shape index (κ3) is 4.28. The second-order valence-corrected chi connectivity index (χ2v) is 5.58. The summed E-state index contributed by atoms with van der Waals surface area (Å²) in [6.45, 7) is 0. The Balaban J connectivity index is 1.58. The van der Waals surface area contributed by atoms with E-state index in [4.69, 9.17) is 20.8 Å². The van der Waals surface area contributed by atoms with Crippen molar-refractivity contribution in [3.8, 4) is 5.75 Å². The van der Waals surface area contributed by atoms with E-state index >= 15 is 0 Å². The highest BCUT2D eigenvalue weighted by Gasteiger charge is 2.11. The molecule has 0 fully saturated rings. The van der Waals surface area contributed by atoms with Gasteiger partial charge in [-0.15, -0.1) is 0 Å². The molecule has 0 aliphatic rings. The molecule has 1 aromatic heterocycles. The molecule has 0 aliphatic carbocycles. The topological polar surface area (TPSA) is 63.8 Å². The highest BCUT2D eigenvalue weighted by molar-refractivity contribution is 6.31. The normalized spacial score (nSPS) is 11.4. The predicted molar refractivity (Wildman–Crippen MR) is 99.2 cm³/mol. The number of ether oxygens (including phenoxy) is 1. The number of halogens is 1. The summed E-state index contributed by atoms with van der Waals surface area (Å²) in [6.07, 6.45) is 5.07. The summed E-state index contributed by atoms with van der Waals surface area (Å²) in [5.74, 6) is 0.542. The summed E-state index contributed by atoms with van der Waals surface area (Å²) in [6, 6.07) is 14.4. The molecule has 0 saturated heterocycles. The lowest BCUT2D eigenvalue weighted by Gasteiger charge is -1.98. The number of allylic oxidation sites excluding steroid dienone is 1. The zero-order valence-electron chi connectivity index (χ0n) is 13.4. The van der Waals surface area contributed by atoms with Crippen LogP contribution < -0.4 is 10.2 Å². The van der Waals surface area contributed by atoms with Crippen LogP contribution in [0.2, 0.25) is 5.02 Å². The molecule has 1 N–H and O–H groups in total. The molecule has 0 unspecified atom stereocenters. The van der Waals surface area contributed by atoms with E-state index in [0.717, 1.165) is 16.7 Å². The molecule has 126 valence electrons. The Hall–Kier alpha value is -3.05. The van der Waals surface area contributed by atoms with Crippen molar-refractivity contribution in [2.24, 2.45) is 5.10 Å². The van der Waals surface area contributed by atoms with Gasteiger partial charge in [-0.2, -0.15) is 5.10 Å². The van der Waals surface area contributed by atoms with E-state index in [1.807, 2.05) is 30.3 Å². The van der Waals surface area contributed by atoms with Crippen LogP contribution in [0.1, 0.15) is 16.1 Å². The number of carbonyl (C=O) groups excluding carboxylic acids is 1. The van der Waals surface area contributed by atoms with E-state index < -0.39 is 5.91 Å². The van der Waals surface area contributed by atoms with E-state index in [9.17, 15) is 4.79 Å². The third-order valence-electron chi connectivity index (χ3n) is 3.43. The molecule has 5 nitrogen and oxygen atoms in total. The molecule has 0 saturated carbocycles. The van der Waals surface area contributed by atoms with Crippen LogP contribution >= 0.6 is 11.6 Å². The van der Waals surface area contributed by atoms with Crippen LogP contribution in [0.15, 0.2) is 64.1 Å². The molecule has 0 atom stereocenters. The van der Waals surface area contributed by atoms with Crippen molar-refractivity contribution in [3.05, 3.63) is 71.0 Å². The van der Waals surface area contributed by atoms with Crippen LogP contribution in [0, 0.1) is 0 Å². The van der Waals surface area contributed by atoms with Gasteiger partial charge in [0.1, 0.15) is 11.3 Å². The summed E-state index contributed by atoms with van der Waals surface area (Å²) < 4.78 is 10.6. The second-order valence-electron chi connectivity index (χ2n) is 5.14. The molecule has 25 heavy (non-hydrogen) atoms. The summed E-state index contributed by atoms with van der Waals surface area (Å²) in [4.78, 5) is 12.0. The van der Waals surface area contributed by atoms with Gasteiger partial charge in [0.15, 0.2) is 5.76 Å². The quantitative estimate of drug-likeness (QED) is 0.541. The number of fused-ring (bicyclic) bond motifs is 1. The Morgan fingerprint density at radius 1 is 1.20 bits per heavy atom. The minimum atomic E-state index is -0.429. The van der Waals surface area contributed by atoms with Gasteiger partial charge in [-0.05, 0) is 48.0 Å². The predicted octanol–water partition coefficient (Wildman–Crippen LogP) is 4.52. The number of carbonyl (C=O) groups is 1. The third-order valence-corrected chi connectivity index (χ3v) is 3.67. The summed E-state index contributed by atoms with van der Waals surface area (Å²) >= 11 is 5.91. The average molecular weight is 355 g/mol. The molecule has 3 rings (SSSR count). The van der Waals surface area contributed by atoms with E-state index in [1.165, 1.54) is 6.21 Å². The average Bonchev–Trinajstić information content (AvgIpc) is 3.05. The van der Waals surface area contributed by atoms with Gasteiger partial charge in [0, 0.05) is 16.6 Å². The Labute approximate surface area is 149 Å². The van der Waals surface area contributed by atoms with Crippen LogP contribution in [-0.2, 0) is 0 Å². The SMILES string of the molecule is COc1ccc(/C=C/C=N/NC(=O)c2cc3cc(Cl)ccc3o2)cc1. The zero-order chi connectivity index (χ0) is 17.6. The van der Waals surface area contributed by atoms with E-state index in [0.29, 0.717) is 10.6 Å². The van der Waals surface area contributed by atoms with Crippen LogP contribution in [0.25, 0.3) is 17.0 Å². The molecular weight excluding hydrogens is 340 g/mol. The fourth-order valence-corrected chi connectivity index (χ4v) is 2.37. The maximum atomic E-state index is 12.0. The van der Waals surface area contributed by atoms with Gasteiger partial charge < -0.3 is 9.15 Å². The van der Waals surface area contributed by atoms with E-state index in [2.05, 4.69) is 10.5 Å². The second kappa shape index (κ2) is 7.68. The summed E-state index contributed by atoms with van der Waals surface area (Å²) in [5, 5.41) is 5.21. The highest BCUT2D eigenvalue weighted by Crippen LogP contribution is 2.22. The number of hydrazone groups is 1. The molecule has 1 amide bonds. The number of furan rings is 1. The zero-order valence-corrected chi connectivity index (χ0v) is 14.2. The van der Waals surface area contributed by atoms with Crippen LogP contribution in [0.5, 0.6) is 5.75 Å². The Morgan fingerprint density at radius 3 is 2.76 bits per heavy atom. The lowest BCUT2D eigenvalue weighted by Crippen LogP contribution is -2.16. The van der Waals surface area contributed by atoms with Crippen molar-refractivity contribution in [3.63, 3.8) is 0 Å². The van der Waals surface area contributed by atoms with Crippen LogP contribution in [0.4, 0.5) is 0 Å². The first kappa shape index (κ1) is 16.8. The maximum absolute atomic E-state index is 12.0. The van der Waals surface area contributed by atoms with Gasteiger partial charge in [0.25, 0.3) is 0 Å². The van der Waals surface area contributed by atoms with Crippen molar-refractivity contribution in [2.75, 3.05) is 7.11 Å². The standard InChI is InChI=1S/C19H15ClN2O3/c1-24-16-7-4-13(5-8-16)3-2-10-21-22-19(23)18-12-14-11-15(20)6-9-17(14)25-18/h2-12H,1H3,(H,22,23)/b3-2+,21-10+. The number of hydrogen-bond donors (Lipinski definition) is 1. The van der Waals surface area contributed by atoms with Crippen LogP contribution in [0.3, 0.4) is 0 Å². The Kier molecular flexibility index (Phi) is 5.16. The molecular formula is C19H15ClN2O3. The number of amides is 1. The van der Waals surface area contributed by atoms with E-state index in [-0.39, 0.29) is 5.76 Å². The van der Waals surface area contributed by atoms with Crippen LogP contribution in [-0.4, -0.2) is 19.2 Å². The maximum Gasteiger partial charge on any atom is 0.307 e. The first-order valence-corrected chi connectivity index (χ1v) is 7.87. The van der Waals surface area contributed by atoms with Crippen molar-refractivity contribution in [1.29, 1.82) is 0 Å². The lowest BCUT2D eigenvalue weighted by molar-refractivity contribution is 0.0929. The molecule has 0 bridgehead atoms. The number of nitrogens with zero attached hydrogens (tertiary/aromatic N) is 1. The van der Waals surface area contributed by atoms with Gasteiger partial charge in [0.2, 0.25) is 0 Å². The van der Waals surface area contributed by atoms with Crippen molar-refractivity contribution in [1.82, 2.24) is 5.43 Å². The Morgan fingerprint density at radius 2 is 2.00 bits per heavy atom. The number of benzene rings is 2. The number of methoxy groups -OCH3 is 1. The van der Waals surface area contributed by atoms with Gasteiger partial charge in [0.05, 0.1) is 7.11 Å². The number of nitrogens with one attached hydrogen (secondary N) is 1.